The smallest absolute Gasteiger partial charge is 0.242 e. The van der Waals surface area contributed by atoms with Crippen LogP contribution in [0.5, 0.6) is 0 Å². The van der Waals surface area contributed by atoms with E-state index >= 15 is 0 Å². The molecule has 1 aromatic heterocycles. The van der Waals surface area contributed by atoms with Crippen LogP contribution in [0.1, 0.15) is 44.3 Å². The molecule has 0 atom stereocenters. The number of thiazole rings is 1. The Kier molecular flexibility index (Phi) is 8.98. The van der Waals surface area contributed by atoms with Crippen LogP contribution in [0.15, 0.2) is 5.38 Å². The summed E-state index contributed by atoms with van der Waals surface area (Å²) in [5.41, 5.74) is 6.85. The van der Waals surface area contributed by atoms with E-state index in [1.54, 1.807) is 11.3 Å². The van der Waals surface area contributed by atoms with Gasteiger partial charge in [0, 0.05) is 56.7 Å². The van der Waals surface area contributed by atoms with E-state index in [-0.39, 0.29) is 36.1 Å². The van der Waals surface area contributed by atoms with Gasteiger partial charge in [-0.1, -0.05) is 20.8 Å². The summed E-state index contributed by atoms with van der Waals surface area (Å²) in [4.78, 5) is 21.9. The van der Waals surface area contributed by atoms with Crippen LogP contribution >= 0.6 is 36.2 Å². The van der Waals surface area contributed by atoms with Gasteiger partial charge in [0.2, 0.25) is 5.91 Å². The minimum atomic E-state index is -0.725. The number of carbonyl (C=O) groups is 1. The van der Waals surface area contributed by atoms with Crippen LogP contribution in [-0.2, 0) is 21.5 Å². The Hall–Kier alpha value is -0.440. The predicted octanol–water partition coefficient (Wildman–Crippen LogP) is 2.44. The first kappa shape index (κ1) is 24.6. The van der Waals surface area contributed by atoms with Gasteiger partial charge in [-0.05, 0) is 12.8 Å². The van der Waals surface area contributed by atoms with Gasteiger partial charge >= 0.3 is 0 Å². The largest absolute Gasteiger partial charge is 0.381 e. The molecule has 2 N–H and O–H groups in total. The molecule has 0 unspecified atom stereocenters. The van der Waals surface area contributed by atoms with Gasteiger partial charge in [0.1, 0.15) is 0 Å². The lowest BCUT2D eigenvalue weighted by atomic mass is 9.89. The molecule has 3 rings (SSSR count). The van der Waals surface area contributed by atoms with Gasteiger partial charge in [-0.3, -0.25) is 9.69 Å². The van der Waals surface area contributed by atoms with Crippen molar-refractivity contribution in [2.75, 3.05) is 39.4 Å². The number of hydrogen-bond donors (Lipinski definition) is 1. The molecule has 9 heteroatoms. The molecule has 3 heterocycles. The van der Waals surface area contributed by atoms with E-state index < -0.39 is 5.54 Å². The maximum absolute atomic E-state index is 12.8. The first-order valence-electron chi connectivity index (χ1n) is 9.11. The minimum Gasteiger partial charge on any atom is -0.381 e. The molecule has 6 nitrogen and oxygen atoms in total. The number of ether oxygens (including phenoxy) is 1. The van der Waals surface area contributed by atoms with E-state index in [4.69, 9.17) is 15.5 Å². The number of carbonyl (C=O) groups excluding carboxylic acids is 1. The average Bonchev–Trinajstić information content (AvgIpc) is 3.04. The zero-order valence-corrected chi connectivity index (χ0v) is 18.9. The molecule has 2 fully saturated rings. The number of piperazine rings is 1. The Morgan fingerprint density at radius 3 is 2.33 bits per heavy atom. The Balaban J connectivity index is 0.00000182. The lowest BCUT2D eigenvalue weighted by molar-refractivity contribution is -0.142. The molecular formula is C18H32Cl2N4O2S. The standard InChI is InChI=1S/C18H30N4O2S.2ClH/c1-17(2,3)15-20-14(13-25-15)12-21-6-8-22(9-7-21)16(23)18(19)4-10-24-11-5-18;;/h13H,4-12,19H2,1-3H3;2*1H. The molecule has 1 amide bonds. The van der Waals surface area contributed by atoms with Crippen LogP contribution in [0.3, 0.4) is 0 Å². The molecule has 2 aliphatic heterocycles. The van der Waals surface area contributed by atoms with Crippen molar-refractivity contribution in [1.82, 2.24) is 14.8 Å². The van der Waals surface area contributed by atoms with Gasteiger partial charge in [-0.15, -0.1) is 36.2 Å². The highest BCUT2D eigenvalue weighted by molar-refractivity contribution is 7.09. The zero-order chi connectivity index (χ0) is 18.1. The molecule has 0 aliphatic carbocycles. The van der Waals surface area contributed by atoms with Crippen LogP contribution < -0.4 is 5.73 Å². The van der Waals surface area contributed by atoms with Crippen molar-refractivity contribution in [2.24, 2.45) is 5.73 Å². The second-order valence-corrected chi connectivity index (χ2v) is 9.09. The first-order chi connectivity index (χ1) is 11.8. The SMILES string of the molecule is CC(C)(C)c1nc(CN2CCN(C(=O)C3(N)CCOCC3)CC2)cs1.Cl.Cl. The third kappa shape index (κ3) is 6.02. The lowest BCUT2D eigenvalue weighted by Gasteiger charge is -2.40. The van der Waals surface area contributed by atoms with Crippen molar-refractivity contribution >= 4 is 42.1 Å². The molecule has 27 heavy (non-hydrogen) atoms. The van der Waals surface area contributed by atoms with E-state index in [0.717, 1.165) is 38.4 Å². The van der Waals surface area contributed by atoms with Gasteiger partial charge in [-0.25, -0.2) is 4.98 Å². The topological polar surface area (TPSA) is 71.7 Å². The fourth-order valence-electron chi connectivity index (χ4n) is 3.33. The second-order valence-electron chi connectivity index (χ2n) is 8.23. The summed E-state index contributed by atoms with van der Waals surface area (Å²) < 4.78 is 5.35. The van der Waals surface area contributed by atoms with Crippen molar-refractivity contribution in [3.63, 3.8) is 0 Å². The van der Waals surface area contributed by atoms with E-state index in [0.29, 0.717) is 26.1 Å². The summed E-state index contributed by atoms with van der Waals surface area (Å²) in [5, 5.41) is 3.34. The van der Waals surface area contributed by atoms with Crippen molar-refractivity contribution < 1.29 is 9.53 Å². The Morgan fingerprint density at radius 1 is 1.22 bits per heavy atom. The van der Waals surface area contributed by atoms with Gasteiger partial charge < -0.3 is 15.4 Å². The number of rotatable bonds is 3. The molecule has 0 aromatic carbocycles. The van der Waals surface area contributed by atoms with E-state index in [9.17, 15) is 4.79 Å². The number of halogens is 2. The van der Waals surface area contributed by atoms with E-state index in [1.807, 2.05) is 4.90 Å². The monoisotopic (exact) mass is 438 g/mol. The maximum atomic E-state index is 12.8. The quantitative estimate of drug-likeness (QED) is 0.784. The summed E-state index contributed by atoms with van der Waals surface area (Å²) in [6, 6.07) is 0. The normalized spacial score (nSPS) is 20.5. The first-order valence-corrected chi connectivity index (χ1v) is 9.99. The molecule has 0 spiro atoms. The van der Waals surface area contributed by atoms with Crippen LogP contribution in [-0.4, -0.2) is 65.6 Å². The number of amides is 1. The Bertz CT molecular complexity index is 607. The van der Waals surface area contributed by atoms with Crippen molar-refractivity contribution in [3.8, 4) is 0 Å². The molecule has 0 saturated carbocycles. The fraction of sp³-hybridized carbons (Fsp3) is 0.778. The molecular weight excluding hydrogens is 407 g/mol. The Labute approximate surface area is 178 Å². The van der Waals surface area contributed by atoms with Crippen LogP contribution in [0.2, 0.25) is 0 Å². The maximum Gasteiger partial charge on any atom is 0.242 e. The summed E-state index contributed by atoms with van der Waals surface area (Å²) in [7, 11) is 0. The summed E-state index contributed by atoms with van der Waals surface area (Å²) >= 11 is 1.74. The summed E-state index contributed by atoms with van der Waals surface area (Å²) in [5.74, 6) is 0.0964. The zero-order valence-electron chi connectivity index (χ0n) is 16.4. The lowest BCUT2D eigenvalue weighted by Crippen LogP contribution is -2.61. The number of nitrogens with two attached hydrogens (primary N) is 1. The van der Waals surface area contributed by atoms with Crippen LogP contribution in [0, 0.1) is 0 Å². The molecule has 156 valence electrons. The van der Waals surface area contributed by atoms with E-state index in [1.165, 1.54) is 5.01 Å². The number of nitrogens with zero attached hydrogens (tertiary/aromatic N) is 3. The second kappa shape index (κ2) is 9.85. The highest BCUT2D eigenvalue weighted by Gasteiger charge is 2.39. The number of aromatic nitrogens is 1. The van der Waals surface area contributed by atoms with E-state index in [2.05, 4.69) is 31.1 Å². The van der Waals surface area contributed by atoms with Gasteiger partial charge in [-0.2, -0.15) is 0 Å². The van der Waals surface area contributed by atoms with Crippen molar-refractivity contribution in [1.29, 1.82) is 0 Å². The highest BCUT2D eigenvalue weighted by Crippen LogP contribution is 2.26. The molecule has 1 aromatic rings. The highest BCUT2D eigenvalue weighted by atomic mass is 35.5. The third-order valence-electron chi connectivity index (χ3n) is 5.05. The molecule has 0 radical (unpaired) electrons. The van der Waals surface area contributed by atoms with Gasteiger partial charge in [0.05, 0.1) is 16.2 Å². The Morgan fingerprint density at radius 2 is 1.81 bits per heavy atom. The summed E-state index contributed by atoms with van der Waals surface area (Å²) in [6.07, 6.45) is 1.25. The van der Waals surface area contributed by atoms with Crippen molar-refractivity contribution in [3.05, 3.63) is 16.1 Å². The van der Waals surface area contributed by atoms with Crippen LogP contribution in [0.4, 0.5) is 0 Å². The van der Waals surface area contributed by atoms with Gasteiger partial charge in [0.25, 0.3) is 0 Å². The molecule has 2 saturated heterocycles. The van der Waals surface area contributed by atoms with Crippen LogP contribution in [0.25, 0.3) is 0 Å². The summed E-state index contributed by atoms with van der Waals surface area (Å²) in [6.45, 7) is 11.8. The molecule has 0 bridgehead atoms. The fourth-order valence-corrected chi connectivity index (χ4v) is 4.23. The third-order valence-corrected chi connectivity index (χ3v) is 6.37. The number of hydrogen-bond acceptors (Lipinski definition) is 6. The van der Waals surface area contributed by atoms with Gasteiger partial charge in [0.15, 0.2) is 0 Å². The minimum absolute atomic E-state index is 0. The molecule has 2 aliphatic rings. The van der Waals surface area contributed by atoms with Crippen molar-refractivity contribution in [2.45, 2.75) is 51.1 Å². The average molecular weight is 439 g/mol. The predicted molar refractivity (Wildman–Crippen MR) is 114 cm³/mol.